The van der Waals surface area contributed by atoms with Crippen molar-refractivity contribution in [2.24, 2.45) is 5.41 Å². The van der Waals surface area contributed by atoms with E-state index in [1.807, 2.05) is 0 Å². The molecule has 0 N–H and O–H groups in total. The van der Waals surface area contributed by atoms with Gasteiger partial charge in [0.1, 0.15) is 0 Å². The number of hydrogen-bond donors (Lipinski definition) is 0. The van der Waals surface area contributed by atoms with Gasteiger partial charge in [-0.1, -0.05) is 123 Å². The second kappa shape index (κ2) is 7.43. The van der Waals surface area contributed by atoms with Crippen molar-refractivity contribution in [1.82, 2.24) is 0 Å². The van der Waals surface area contributed by atoms with E-state index in [1.54, 1.807) is 0 Å². The Morgan fingerprint density at radius 3 is 1.43 bits per heavy atom. The Balaban J connectivity index is 1.18. The van der Waals surface area contributed by atoms with E-state index in [-0.39, 0.29) is 5.41 Å². The number of allylic oxidation sites excluding steroid dienone is 12. The molecule has 0 aromatic heterocycles. The summed E-state index contributed by atoms with van der Waals surface area (Å²) in [6, 6.07) is 26.8. The zero-order chi connectivity index (χ0) is 24.7. The van der Waals surface area contributed by atoms with Gasteiger partial charge < -0.3 is 0 Å². The van der Waals surface area contributed by atoms with E-state index in [4.69, 9.17) is 0 Å². The predicted molar refractivity (Wildman–Crippen MR) is 157 cm³/mol. The van der Waals surface area contributed by atoms with Crippen LogP contribution in [-0.4, -0.2) is 0 Å². The van der Waals surface area contributed by atoms with Crippen molar-refractivity contribution in [3.05, 3.63) is 154 Å². The molecule has 176 valence electrons. The molecule has 4 aliphatic rings. The molecular formula is C37H28. The van der Waals surface area contributed by atoms with Crippen LogP contribution in [0.25, 0.3) is 32.7 Å². The third kappa shape index (κ3) is 2.84. The average Bonchev–Trinajstić information content (AvgIpc) is 3.58. The summed E-state index contributed by atoms with van der Waals surface area (Å²) in [5.41, 5.74) is 14.1. The molecule has 0 heterocycles. The van der Waals surface area contributed by atoms with Crippen LogP contribution in [0.1, 0.15) is 36.1 Å². The average molecular weight is 473 g/mol. The summed E-state index contributed by atoms with van der Waals surface area (Å²) in [6.07, 6.45) is 16.4. The van der Waals surface area contributed by atoms with Crippen LogP contribution in [-0.2, 0) is 12.8 Å². The van der Waals surface area contributed by atoms with Crippen LogP contribution in [0, 0.1) is 5.41 Å². The Morgan fingerprint density at radius 1 is 0.486 bits per heavy atom. The van der Waals surface area contributed by atoms with Crippen LogP contribution in [0.15, 0.2) is 132 Å². The van der Waals surface area contributed by atoms with Crippen molar-refractivity contribution >= 4 is 32.7 Å². The van der Waals surface area contributed by atoms with Gasteiger partial charge in [-0.3, -0.25) is 0 Å². The van der Waals surface area contributed by atoms with Crippen molar-refractivity contribution < 1.29 is 0 Å². The molecule has 0 fully saturated rings. The summed E-state index contributed by atoms with van der Waals surface area (Å²) in [4.78, 5) is 0. The number of rotatable bonds is 2. The maximum atomic E-state index is 2.46. The highest BCUT2D eigenvalue weighted by Gasteiger charge is 2.39. The van der Waals surface area contributed by atoms with E-state index in [0.717, 1.165) is 12.8 Å². The van der Waals surface area contributed by atoms with Gasteiger partial charge in [0.15, 0.2) is 0 Å². The van der Waals surface area contributed by atoms with Gasteiger partial charge in [0.05, 0.1) is 0 Å². The first kappa shape index (κ1) is 21.0. The Bertz CT molecular complexity index is 1740. The Hall–Kier alpha value is -4.16. The number of fused-ring (bicyclic) bond motifs is 10. The molecule has 0 atom stereocenters. The standard InChI is InChI=1S/C37H28/c1-37(2,33-21-19-31-29(33)17-15-25-13-11-23-7-3-5-9-27(23)35(25)31)34-22-20-32-30(34)18-16-26-14-12-24-8-4-6-10-28(24)36(26)32/h3-14,17-22H,15-16H2,1-2H3. The van der Waals surface area contributed by atoms with Gasteiger partial charge in [-0.25, -0.2) is 0 Å². The molecule has 37 heavy (non-hydrogen) atoms. The third-order valence-corrected chi connectivity index (χ3v) is 8.96. The zero-order valence-electron chi connectivity index (χ0n) is 21.3. The lowest BCUT2D eigenvalue weighted by molar-refractivity contribution is 0.560. The predicted octanol–water partition coefficient (Wildman–Crippen LogP) is 9.33. The van der Waals surface area contributed by atoms with Crippen LogP contribution >= 0.6 is 0 Å². The summed E-state index contributed by atoms with van der Waals surface area (Å²) in [6.45, 7) is 4.83. The molecule has 0 saturated carbocycles. The van der Waals surface area contributed by atoms with Gasteiger partial charge >= 0.3 is 0 Å². The van der Waals surface area contributed by atoms with E-state index < -0.39 is 0 Å². The molecule has 8 rings (SSSR count). The highest BCUT2D eigenvalue weighted by atomic mass is 14.4. The van der Waals surface area contributed by atoms with Crippen molar-refractivity contribution in [2.75, 3.05) is 0 Å². The first-order valence-electron chi connectivity index (χ1n) is 13.4. The summed E-state index contributed by atoms with van der Waals surface area (Å²) in [5, 5.41) is 5.38. The number of hydrogen-bond acceptors (Lipinski definition) is 0. The van der Waals surface area contributed by atoms with Crippen molar-refractivity contribution in [1.29, 1.82) is 0 Å². The maximum Gasteiger partial charge on any atom is 0.0158 e. The van der Waals surface area contributed by atoms with Gasteiger partial charge in [0.25, 0.3) is 0 Å². The molecular weight excluding hydrogens is 444 g/mol. The van der Waals surface area contributed by atoms with Crippen LogP contribution in [0.5, 0.6) is 0 Å². The van der Waals surface area contributed by atoms with Gasteiger partial charge in [-0.15, -0.1) is 0 Å². The third-order valence-electron chi connectivity index (χ3n) is 8.96. The van der Waals surface area contributed by atoms with E-state index in [2.05, 4.69) is 123 Å². The fourth-order valence-corrected chi connectivity index (χ4v) is 7.13. The quantitative estimate of drug-likeness (QED) is 0.273. The molecule has 0 radical (unpaired) electrons. The largest absolute Gasteiger partial charge is 0.0719 e. The van der Waals surface area contributed by atoms with Crippen molar-refractivity contribution in [2.45, 2.75) is 26.7 Å². The molecule has 0 bridgehead atoms. The lowest BCUT2D eigenvalue weighted by Crippen LogP contribution is -2.21. The second-order valence-electron chi connectivity index (χ2n) is 11.2. The molecule has 0 unspecified atom stereocenters. The van der Waals surface area contributed by atoms with Gasteiger partial charge in [0.2, 0.25) is 0 Å². The SMILES string of the molecule is CC(C)(C1=CC=C2C1=CCc1ccc3ccccc3c12)C1=CC=C2C1=CCc1ccc3ccccc3c12. The lowest BCUT2D eigenvalue weighted by atomic mass is 9.69. The van der Waals surface area contributed by atoms with Crippen LogP contribution < -0.4 is 0 Å². The molecule has 0 heteroatoms. The maximum absolute atomic E-state index is 2.46. The van der Waals surface area contributed by atoms with E-state index in [0.29, 0.717) is 0 Å². The van der Waals surface area contributed by atoms with Crippen LogP contribution in [0.3, 0.4) is 0 Å². The van der Waals surface area contributed by atoms with E-state index in [1.165, 1.54) is 77.2 Å². The van der Waals surface area contributed by atoms with E-state index in [9.17, 15) is 0 Å². The molecule has 4 aliphatic carbocycles. The highest BCUT2D eigenvalue weighted by Crippen LogP contribution is 2.55. The highest BCUT2D eigenvalue weighted by molar-refractivity contribution is 6.05. The number of benzene rings is 4. The first-order valence-corrected chi connectivity index (χ1v) is 13.4. The minimum atomic E-state index is -0.0989. The van der Waals surface area contributed by atoms with Gasteiger partial charge in [-0.05, 0) is 90.1 Å². The molecule has 4 aromatic carbocycles. The minimum absolute atomic E-state index is 0.0989. The summed E-state index contributed by atoms with van der Waals surface area (Å²) >= 11 is 0. The molecule has 0 saturated heterocycles. The molecule has 4 aromatic rings. The van der Waals surface area contributed by atoms with Crippen molar-refractivity contribution in [3.63, 3.8) is 0 Å². The van der Waals surface area contributed by atoms with Crippen LogP contribution in [0.2, 0.25) is 0 Å². The monoisotopic (exact) mass is 472 g/mol. The topological polar surface area (TPSA) is 0 Å². The fraction of sp³-hybridized carbons (Fsp3) is 0.135. The Kier molecular flexibility index (Phi) is 4.21. The normalized spacial score (nSPS) is 17.7. The Labute approximate surface area is 218 Å². The summed E-state index contributed by atoms with van der Waals surface area (Å²) in [5.74, 6) is 0. The lowest BCUT2D eigenvalue weighted by Gasteiger charge is -2.34. The zero-order valence-corrected chi connectivity index (χ0v) is 21.3. The first-order chi connectivity index (χ1) is 18.1. The minimum Gasteiger partial charge on any atom is -0.0719 e. The summed E-state index contributed by atoms with van der Waals surface area (Å²) < 4.78 is 0. The van der Waals surface area contributed by atoms with Crippen LogP contribution in [0.4, 0.5) is 0 Å². The van der Waals surface area contributed by atoms with Gasteiger partial charge in [0, 0.05) is 5.41 Å². The smallest absolute Gasteiger partial charge is 0.0158 e. The summed E-state index contributed by atoms with van der Waals surface area (Å²) in [7, 11) is 0. The second-order valence-corrected chi connectivity index (χ2v) is 11.2. The van der Waals surface area contributed by atoms with E-state index >= 15 is 0 Å². The van der Waals surface area contributed by atoms with Crippen molar-refractivity contribution in [3.8, 4) is 0 Å². The molecule has 0 amide bonds. The molecule has 0 spiro atoms. The fourth-order valence-electron chi connectivity index (χ4n) is 7.13. The molecule has 0 nitrogen and oxygen atoms in total. The van der Waals surface area contributed by atoms with Gasteiger partial charge in [-0.2, -0.15) is 0 Å². The Morgan fingerprint density at radius 2 is 0.946 bits per heavy atom. The molecule has 0 aliphatic heterocycles.